The van der Waals surface area contributed by atoms with E-state index < -0.39 is 25.0 Å². The minimum atomic E-state index is -2.56. The molecule has 1 rings (SSSR count). The third-order valence-corrected chi connectivity index (χ3v) is 2.65. The number of alkyl halides is 2. The van der Waals surface area contributed by atoms with Gasteiger partial charge in [0.2, 0.25) is 0 Å². The second-order valence-corrected chi connectivity index (χ2v) is 4.26. The Hall–Kier alpha value is -2.18. The molecule has 0 aliphatic heterocycles. The van der Waals surface area contributed by atoms with E-state index in [1.807, 2.05) is 0 Å². The van der Waals surface area contributed by atoms with Gasteiger partial charge in [0.1, 0.15) is 0 Å². The van der Waals surface area contributed by atoms with Crippen LogP contribution in [0.5, 0.6) is 0 Å². The highest BCUT2D eigenvalue weighted by molar-refractivity contribution is 5.87. The molecule has 7 heteroatoms. The maximum atomic E-state index is 12.1. The zero-order valence-corrected chi connectivity index (χ0v) is 11.0. The van der Waals surface area contributed by atoms with E-state index in [0.717, 1.165) is 10.5 Å². The average molecular weight is 286 g/mol. The maximum Gasteiger partial charge on any atom is 0.335 e. The van der Waals surface area contributed by atoms with Gasteiger partial charge in [-0.3, -0.25) is 0 Å². The average Bonchev–Trinajstić information content (AvgIpc) is 2.38. The summed E-state index contributed by atoms with van der Waals surface area (Å²) in [5.41, 5.74) is 1.04. The molecule has 2 N–H and O–H groups in total. The van der Waals surface area contributed by atoms with E-state index in [0.29, 0.717) is 13.0 Å². The third kappa shape index (κ3) is 5.21. The lowest BCUT2D eigenvalue weighted by Crippen LogP contribution is -2.40. The highest BCUT2D eigenvalue weighted by atomic mass is 19.3. The van der Waals surface area contributed by atoms with Gasteiger partial charge in [0.15, 0.2) is 0 Å². The van der Waals surface area contributed by atoms with Gasteiger partial charge in [0.05, 0.1) is 12.1 Å². The lowest BCUT2D eigenvalue weighted by atomic mass is 10.1. The fraction of sp³-hybridized carbons (Fsp3) is 0.385. The number of carboxylic acid groups (broad SMARTS) is 1. The Balaban J connectivity index is 2.37. The number of hydrogen-bond acceptors (Lipinski definition) is 2. The van der Waals surface area contributed by atoms with Gasteiger partial charge < -0.3 is 15.3 Å². The molecule has 0 saturated heterocycles. The molecule has 0 atom stereocenters. The fourth-order valence-electron chi connectivity index (χ4n) is 1.55. The number of carbonyl (C=O) groups excluding carboxylic acids is 1. The number of rotatable bonds is 6. The normalized spacial score (nSPS) is 10.4. The molecule has 0 heterocycles. The van der Waals surface area contributed by atoms with Crippen LogP contribution in [-0.4, -0.2) is 48.6 Å². The molecule has 5 nitrogen and oxygen atoms in total. The van der Waals surface area contributed by atoms with Crippen molar-refractivity contribution in [2.24, 2.45) is 0 Å². The van der Waals surface area contributed by atoms with Crippen molar-refractivity contribution in [2.75, 3.05) is 20.1 Å². The molecule has 0 aliphatic carbocycles. The molecule has 0 spiro atoms. The summed E-state index contributed by atoms with van der Waals surface area (Å²) in [7, 11) is 1.29. The van der Waals surface area contributed by atoms with Crippen molar-refractivity contribution in [1.82, 2.24) is 10.2 Å². The van der Waals surface area contributed by atoms with E-state index in [2.05, 4.69) is 5.32 Å². The van der Waals surface area contributed by atoms with E-state index in [1.165, 1.54) is 19.2 Å². The Morgan fingerprint density at radius 3 is 2.40 bits per heavy atom. The summed E-state index contributed by atoms with van der Waals surface area (Å²) in [5.74, 6) is -1.00. The van der Waals surface area contributed by atoms with E-state index >= 15 is 0 Å². The highest BCUT2D eigenvalue weighted by Gasteiger charge is 2.13. The van der Waals surface area contributed by atoms with E-state index in [9.17, 15) is 18.4 Å². The number of benzene rings is 1. The van der Waals surface area contributed by atoms with Crippen LogP contribution < -0.4 is 5.32 Å². The van der Waals surface area contributed by atoms with Crippen LogP contribution in [0.1, 0.15) is 15.9 Å². The zero-order chi connectivity index (χ0) is 15.1. The van der Waals surface area contributed by atoms with Gasteiger partial charge in [-0.2, -0.15) is 0 Å². The molecule has 0 unspecified atom stereocenters. The molecular weight excluding hydrogens is 270 g/mol. The molecule has 0 aromatic heterocycles. The maximum absolute atomic E-state index is 12.1. The Labute approximate surface area is 115 Å². The molecule has 0 bridgehead atoms. The molecule has 0 fully saturated rings. The number of carbonyl (C=O) groups is 2. The minimum absolute atomic E-state index is 0.189. The van der Waals surface area contributed by atoms with Gasteiger partial charge in [-0.1, -0.05) is 12.1 Å². The number of nitrogens with one attached hydrogen (secondary N) is 1. The second kappa shape index (κ2) is 7.42. The number of aromatic carboxylic acids is 1. The van der Waals surface area contributed by atoms with Gasteiger partial charge in [-0.05, 0) is 24.1 Å². The highest BCUT2D eigenvalue weighted by Crippen LogP contribution is 2.05. The predicted molar refractivity (Wildman–Crippen MR) is 69.1 cm³/mol. The van der Waals surface area contributed by atoms with E-state index in [4.69, 9.17) is 5.11 Å². The standard InChI is InChI=1S/C13H16F2N2O3/c1-17(8-11(14)15)13(20)16-7-6-9-2-4-10(5-3-9)12(18)19/h2-5,11H,6-8H2,1H3,(H,16,20)(H,18,19). The topological polar surface area (TPSA) is 69.6 Å². The van der Waals surface area contributed by atoms with Crippen molar-refractivity contribution in [3.05, 3.63) is 35.4 Å². The number of urea groups is 1. The Morgan fingerprint density at radius 2 is 1.90 bits per heavy atom. The fourth-order valence-corrected chi connectivity index (χ4v) is 1.55. The van der Waals surface area contributed by atoms with Gasteiger partial charge in [0.25, 0.3) is 6.43 Å². The smallest absolute Gasteiger partial charge is 0.335 e. The number of halogens is 2. The lowest BCUT2D eigenvalue weighted by Gasteiger charge is -2.17. The van der Waals surface area contributed by atoms with Crippen molar-refractivity contribution < 1.29 is 23.5 Å². The quantitative estimate of drug-likeness (QED) is 0.838. The van der Waals surface area contributed by atoms with Crippen molar-refractivity contribution in [1.29, 1.82) is 0 Å². The molecule has 0 radical (unpaired) electrons. The summed E-state index contributed by atoms with van der Waals surface area (Å²) in [6.45, 7) is -0.321. The third-order valence-electron chi connectivity index (χ3n) is 2.65. The number of nitrogens with zero attached hydrogens (tertiary/aromatic N) is 1. The van der Waals surface area contributed by atoms with Crippen LogP contribution >= 0.6 is 0 Å². The van der Waals surface area contributed by atoms with Crippen LogP contribution in [0.2, 0.25) is 0 Å². The molecule has 0 aliphatic rings. The van der Waals surface area contributed by atoms with Crippen LogP contribution in [0.25, 0.3) is 0 Å². The van der Waals surface area contributed by atoms with Gasteiger partial charge in [0, 0.05) is 13.6 Å². The SMILES string of the molecule is CN(CC(F)F)C(=O)NCCc1ccc(C(=O)O)cc1. The van der Waals surface area contributed by atoms with Crippen molar-refractivity contribution in [2.45, 2.75) is 12.8 Å². The second-order valence-electron chi connectivity index (χ2n) is 4.26. The Kier molecular flexibility index (Phi) is 5.89. The minimum Gasteiger partial charge on any atom is -0.478 e. The van der Waals surface area contributed by atoms with Gasteiger partial charge >= 0.3 is 12.0 Å². The Morgan fingerprint density at radius 1 is 1.30 bits per heavy atom. The summed E-state index contributed by atoms with van der Waals surface area (Å²) in [6.07, 6.45) is -2.07. The lowest BCUT2D eigenvalue weighted by molar-refractivity contribution is 0.0697. The first-order valence-electron chi connectivity index (χ1n) is 5.99. The largest absolute Gasteiger partial charge is 0.478 e. The number of hydrogen-bond donors (Lipinski definition) is 2. The molecule has 1 aromatic rings. The first-order valence-corrected chi connectivity index (χ1v) is 5.99. The van der Waals surface area contributed by atoms with Crippen molar-refractivity contribution >= 4 is 12.0 Å². The van der Waals surface area contributed by atoms with Crippen molar-refractivity contribution in [3.8, 4) is 0 Å². The molecule has 110 valence electrons. The number of carboxylic acids is 1. The predicted octanol–water partition coefficient (Wildman–Crippen LogP) is 1.83. The van der Waals surface area contributed by atoms with Gasteiger partial charge in [-0.25, -0.2) is 18.4 Å². The summed E-state index contributed by atoms with van der Waals surface area (Å²) in [6, 6.07) is 5.69. The zero-order valence-electron chi connectivity index (χ0n) is 11.0. The monoisotopic (exact) mass is 286 g/mol. The molecule has 1 aromatic carbocycles. The summed E-state index contributed by atoms with van der Waals surface area (Å²) >= 11 is 0. The molecule has 0 saturated carbocycles. The number of amides is 2. The van der Waals surface area contributed by atoms with Crippen LogP contribution in [0.15, 0.2) is 24.3 Å². The van der Waals surface area contributed by atoms with E-state index in [-0.39, 0.29) is 5.56 Å². The van der Waals surface area contributed by atoms with E-state index in [1.54, 1.807) is 12.1 Å². The van der Waals surface area contributed by atoms with Crippen LogP contribution in [0, 0.1) is 0 Å². The van der Waals surface area contributed by atoms with Crippen molar-refractivity contribution in [3.63, 3.8) is 0 Å². The summed E-state index contributed by atoms with van der Waals surface area (Å²) < 4.78 is 24.1. The van der Waals surface area contributed by atoms with Crippen LogP contribution in [-0.2, 0) is 6.42 Å². The molecule has 2 amide bonds. The Bertz CT molecular complexity index is 463. The molecular formula is C13H16F2N2O3. The van der Waals surface area contributed by atoms with Crippen LogP contribution in [0.4, 0.5) is 13.6 Å². The summed E-state index contributed by atoms with van der Waals surface area (Å²) in [5, 5.41) is 11.2. The van der Waals surface area contributed by atoms with Crippen LogP contribution in [0.3, 0.4) is 0 Å². The first-order chi connectivity index (χ1) is 9.40. The van der Waals surface area contributed by atoms with Gasteiger partial charge in [-0.15, -0.1) is 0 Å². The molecule has 20 heavy (non-hydrogen) atoms. The summed E-state index contributed by atoms with van der Waals surface area (Å²) in [4.78, 5) is 23.0. The first kappa shape index (κ1) is 15.9.